The zero-order valence-corrected chi connectivity index (χ0v) is 17.3. The molecule has 0 radical (unpaired) electrons. The second-order valence-electron chi connectivity index (χ2n) is 8.10. The summed E-state index contributed by atoms with van der Waals surface area (Å²) in [6, 6.07) is 15.4. The summed E-state index contributed by atoms with van der Waals surface area (Å²) < 4.78 is 15.0. The summed E-state index contributed by atoms with van der Waals surface area (Å²) in [6.07, 6.45) is 1.49. The molecule has 0 aliphatic heterocycles. The summed E-state index contributed by atoms with van der Waals surface area (Å²) in [5.74, 6) is -1.16. The van der Waals surface area contributed by atoms with Crippen LogP contribution in [0.5, 0.6) is 0 Å². The molecular weight excluding hydrogens is 383 g/mol. The van der Waals surface area contributed by atoms with Crippen LogP contribution >= 0.6 is 0 Å². The Morgan fingerprint density at radius 3 is 2.40 bits per heavy atom. The Bertz CT molecular complexity index is 1050. The number of primary amides is 1. The molecule has 0 fully saturated rings. The van der Waals surface area contributed by atoms with Crippen molar-refractivity contribution < 1.29 is 14.0 Å². The van der Waals surface area contributed by atoms with Gasteiger partial charge in [0, 0.05) is 23.8 Å². The lowest BCUT2D eigenvalue weighted by Gasteiger charge is -2.36. The van der Waals surface area contributed by atoms with Crippen LogP contribution in [-0.4, -0.2) is 32.0 Å². The van der Waals surface area contributed by atoms with E-state index in [-0.39, 0.29) is 30.4 Å². The first-order valence-electron chi connectivity index (χ1n) is 9.63. The maximum absolute atomic E-state index is 13.6. The maximum Gasteiger partial charge on any atom is 0.252 e. The Morgan fingerprint density at radius 2 is 1.80 bits per heavy atom. The van der Waals surface area contributed by atoms with Crippen LogP contribution in [0.4, 0.5) is 4.39 Å². The molecule has 2 N–H and O–H groups in total. The minimum Gasteiger partial charge on any atom is -0.365 e. The molecule has 1 heterocycles. The van der Waals surface area contributed by atoms with Gasteiger partial charge in [-0.1, -0.05) is 42.5 Å². The van der Waals surface area contributed by atoms with Crippen molar-refractivity contribution in [2.24, 2.45) is 5.73 Å². The lowest BCUT2D eigenvalue weighted by atomic mass is 10.0. The van der Waals surface area contributed by atoms with Gasteiger partial charge in [-0.2, -0.15) is 5.10 Å². The number of nitrogens with zero attached hydrogens (tertiary/aromatic N) is 3. The van der Waals surface area contributed by atoms with Gasteiger partial charge in [0.1, 0.15) is 18.1 Å². The van der Waals surface area contributed by atoms with Crippen molar-refractivity contribution in [3.8, 4) is 11.3 Å². The van der Waals surface area contributed by atoms with Gasteiger partial charge in [-0.05, 0) is 38.5 Å². The standard InChI is InChI=1S/C23H25FN4O2/c1-23(2,3)28(13-16-8-7-11-18(24)12-16)20(29)15-27-14-19(22(25)30)21(26-27)17-9-5-4-6-10-17/h4-12,14H,13,15H2,1-3H3,(H2,25,30). The minimum absolute atomic E-state index is 0.0697. The molecule has 0 atom stereocenters. The van der Waals surface area contributed by atoms with Crippen molar-refractivity contribution in [1.82, 2.24) is 14.7 Å². The highest BCUT2D eigenvalue weighted by molar-refractivity contribution is 5.98. The predicted octanol–water partition coefficient (Wildman–Crippen LogP) is 3.62. The Hall–Kier alpha value is -3.48. The lowest BCUT2D eigenvalue weighted by molar-refractivity contribution is -0.137. The summed E-state index contributed by atoms with van der Waals surface area (Å²) in [5, 5.41) is 4.44. The molecule has 3 rings (SSSR count). The van der Waals surface area contributed by atoms with Crippen molar-refractivity contribution in [2.75, 3.05) is 0 Å². The first kappa shape index (κ1) is 21.2. The van der Waals surface area contributed by atoms with Crippen LogP contribution in [0.25, 0.3) is 11.3 Å². The molecule has 0 unspecified atom stereocenters. The number of hydrogen-bond donors (Lipinski definition) is 1. The number of amides is 2. The maximum atomic E-state index is 13.6. The largest absolute Gasteiger partial charge is 0.365 e. The molecular formula is C23H25FN4O2. The van der Waals surface area contributed by atoms with E-state index in [0.29, 0.717) is 11.3 Å². The van der Waals surface area contributed by atoms with E-state index in [4.69, 9.17) is 5.73 Å². The molecule has 0 aliphatic carbocycles. The van der Waals surface area contributed by atoms with Gasteiger partial charge in [0.15, 0.2) is 0 Å². The molecule has 0 aliphatic rings. The Balaban J connectivity index is 1.88. The SMILES string of the molecule is CC(C)(C)N(Cc1cccc(F)c1)C(=O)Cn1cc(C(N)=O)c(-c2ccccc2)n1. The van der Waals surface area contributed by atoms with Crippen LogP contribution in [0.15, 0.2) is 60.8 Å². The predicted molar refractivity (Wildman–Crippen MR) is 113 cm³/mol. The number of carbonyl (C=O) groups is 2. The molecule has 0 bridgehead atoms. The van der Waals surface area contributed by atoms with Gasteiger partial charge in [-0.15, -0.1) is 0 Å². The summed E-state index contributed by atoms with van der Waals surface area (Å²) in [4.78, 5) is 26.7. The molecule has 1 aromatic heterocycles. The topological polar surface area (TPSA) is 81.2 Å². The number of benzene rings is 2. The third-order valence-corrected chi connectivity index (χ3v) is 4.71. The third-order valence-electron chi connectivity index (χ3n) is 4.71. The number of aromatic nitrogens is 2. The highest BCUT2D eigenvalue weighted by Gasteiger charge is 2.27. The molecule has 2 amide bonds. The van der Waals surface area contributed by atoms with Gasteiger partial charge in [-0.25, -0.2) is 4.39 Å². The zero-order chi connectivity index (χ0) is 21.9. The van der Waals surface area contributed by atoms with Crippen molar-refractivity contribution >= 4 is 11.8 Å². The van der Waals surface area contributed by atoms with Gasteiger partial charge < -0.3 is 10.6 Å². The second-order valence-corrected chi connectivity index (χ2v) is 8.10. The molecule has 2 aromatic carbocycles. The molecule has 30 heavy (non-hydrogen) atoms. The second kappa shape index (κ2) is 8.49. The van der Waals surface area contributed by atoms with E-state index in [1.54, 1.807) is 17.0 Å². The molecule has 7 heteroatoms. The van der Waals surface area contributed by atoms with Gasteiger partial charge in [0.05, 0.1) is 5.56 Å². The van der Waals surface area contributed by atoms with E-state index in [1.807, 2.05) is 51.1 Å². The fourth-order valence-electron chi connectivity index (χ4n) is 3.23. The molecule has 0 saturated heterocycles. The molecule has 156 valence electrons. The zero-order valence-electron chi connectivity index (χ0n) is 17.3. The number of rotatable bonds is 6. The van der Waals surface area contributed by atoms with E-state index in [9.17, 15) is 14.0 Å². The van der Waals surface area contributed by atoms with Gasteiger partial charge in [-0.3, -0.25) is 14.3 Å². The molecule has 6 nitrogen and oxygen atoms in total. The van der Waals surface area contributed by atoms with Crippen molar-refractivity contribution in [2.45, 2.75) is 39.4 Å². The van der Waals surface area contributed by atoms with E-state index < -0.39 is 11.4 Å². The van der Waals surface area contributed by atoms with Crippen molar-refractivity contribution in [3.63, 3.8) is 0 Å². The smallest absolute Gasteiger partial charge is 0.252 e. The van der Waals surface area contributed by atoms with Crippen LogP contribution < -0.4 is 5.73 Å². The number of carbonyl (C=O) groups excluding carboxylic acids is 2. The van der Waals surface area contributed by atoms with Crippen molar-refractivity contribution in [1.29, 1.82) is 0 Å². The summed E-state index contributed by atoms with van der Waals surface area (Å²) in [7, 11) is 0. The normalized spacial score (nSPS) is 11.3. The first-order valence-corrected chi connectivity index (χ1v) is 9.63. The van der Waals surface area contributed by atoms with E-state index in [1.165, 1.54) is 23.0 Å². The van der Waals surface area contributed by atoms with Crippen LogP contribution in [0.2, 0.25) is 0 Å². The molecule has 3 aromatic rings. The Labute approximate surface area is 175 Å². The van der Waals surface area contributed by atoms with Crippen LogP contribution in [-0.2, 0) is 17.9 Å². The number of halogens is 1. The quantitative estimate of drug-likeness (QED) is 0.676. The van der Waals surface area contributed by atoms with Gasteiger partial charge >= 0.3 is 0 Å². The number of hydrogen-bond acceptors (Lipinski definition) is 3. The Kier molecular flexibility index (Phi) is 6.01. The van der Waals surface area contributed by atoms with Crippen molar-refractivity contribution in [3.05, 3.63) is 77.7 Å². The van der Waals surface area contributed by atoms with E-state index in [0.717, 1.165) is 5.56 Å². The number of nitrogens with two attached hydrogens (primary N) is 1. The van der Waals surface area contributed by atoms with E-state index >= 15 is 0 Å². The van der Waals surface area contributed by atoms with Crippen LogP contribution in [0.3, 0.4) is 0 Å². The summed E-state index contributed by atoms with van der Waals surface area (Å²) >= 11 is 0. The monoisotopic (exact) mass is 408 g/mol. The third kappa shape index (κ3) is 4.92. The van der Waals surface area contributed by atoms with Crippen LogP contribution in [0.1, 0.15) is 36.7 Å². The fraction of sp³-hybridized carbons (Fsp3) is 0.261. The Morgan fingerprint density at radius 1 is 1.10 bits per heavy atom. The average molecular weight is 408 g/mol. The molecule has 0 saturated carbocycles. The average Bonchev–Trinajstić information content (AvgIpc) is 3.10. The highest BCUT2D eigenvalue weighted by atomic mass is 19.1. The fourth-order valence-corrected chi connectivity index (χ4v) is 3.23. The molecule has 0 spiro atoms. The van der Waals surface area contributed by atoms with Crippen LogP contribution in [0, 0.1) is 5.82 Å². The summed E-state index contributed by atoms with van der Waals surface area (Å²) in [6.45, 7) is 5.93. The van der Waals surface area contributed by atoms with Gasteiger partial charge in [0.25, 0.3) is 5.91 Å². The minimum atomic E-state index is -0.611. The first-order chi connectivity index (χ1) is 14.1. The summed E-state index contributed by atoms with van der Waals surface area (Å²) in [5.41, 5.74) is 7.15. The van der Waals surface area contributed by atoms with Gasteiger partial charge in [0.2, 0.25) is 5.91 Å². The van der Waals surface area contributed by atoms with E-state index in [2.05, 4.69) is 5.10 Å². The highest BCUT2D eigenvalue weighted by Crippen LogP contribution is 2.23. The lowest BCUT2D eigenvalue weighted by Crippen LogP contribution is -2.46.